The Bertz CT molecular complexity index is 655. The minimum atomic E-state index is 0.457. The van der Waals surface area contributed by atoms with Crippen molar-refractivity contribution in [2.75, 3.05) is 13.7 Å². The first-order valence-electron chi connectivity index (χ1n) is 6.55. The van der Waals surface area contributed by atoms with Crippen LogP contribution in [0.1, 0.15) is 11.1 Å². The van der Waals surface area contributed by atoms with E-state index in [1.807, 2.05) is 18.2 Å². The lowest BCUT2D eigenvalue weighted by atomic mass is 9.97. The van der Waals surface area contributed by atoms with Crippen LogP contribution in [0.5, 0.6) is 11.5 Å². The van der Waals surface area contributed by atoms with Crippen LogP contribution in [0.2, 0.25) is 5.02 Å². The van der Waals surface area contributed by atoms with Crippen LogP contribution in [0.4, 0.5) is 0 Å². The van der Waals surface area contributed by atoms with Crippen molar-refractivity contribution in [1.82, 2.24) is 0 Å². The number of rotatable bonds is 3. The average molecular weight is 290 g/mol. The maximum absolute atomic E-state index is 6.11. The molecule has 0 fully saturated rings. The van der Waals surface area contributed by atoms with Gasteiger partial charge in [0.05, 0.1) is 13.7 Å². The van der Waals surface area contributed by atoms with Crippen molar-refractivity contribution in [2.24, 2.45) is 5.73 Å². The summed E-state index contributed by atoms with van der Waals surface area (Å²) in [5.74, 6) is 1.74. The highest BCUT2D eigenvalue weighted by molar-refractivity contribution is 6.31. The third-order valence-corrected chi connectivity index (χ3v) is 3.79. The predicted molar refractivity (Wildman–Crippen MR) is 80.5 cm³/mol. The van der Waals surface area contributed by atoms with Crippen molar-refractivity contribution >= 4 is 11.6 Å². The average Bonchev–Trinajstić information content (AvgIpc) is 2.94. The Morgan fingerprint density at radius 1 is 1.30 bits per heavy atom. The van der Waals surface area contributed by atoms with Gasteiger partial charge in [-0.3, -0.25) is 0 Å². The second kappa shape index (κ2) is 5.35. The molecule has 0 aliphatic carbocycles. The molecule has 3 rings (SSSR count). The van der Waals surface area contributed by atoms with Crippen LogP contribution >= 0.6 is 11.6 Å². The maximum Gasteiger partial charge on any atom is 0.127 e. The van der Waals surface area contributed by atoms with E-state index in [9.17, 15) is 0 Å². The summed E-state index contributed by atoms with van der Waals surface area (Å²) in [7, 11) is 1.66. The lowest BCUT2D eigenvalue weighted by molar-refractivity contribution is 0.353. The van der Waals surface area contributed by atoms with Gasteiger partial charge in [0, 0.05) is 29.1 Å². The summed E-state index contributed by atoms with van der Waals surface area (Å²) in [6, 6.07) is 9.81. The van der Waals surface area contributed by atoms with Gasteiger partial charge in [0.2, 0.25) is 0 Å². The first kappa shape index (κ1) is 13.3. The van der Waals surface area contributed by atoms with Crippen molar-refractivity contribution in [2.45, 2.75) is 13.0 Å². The fourth-order valence-electron chi connectivity index (χ4n) is 2.60. The number of nitrogens with two attached hydrogens (primary N) is 1. The molecule has 0 bridgehead atoms. The molecule has 4 heteroatoms. The standard InChI is InChI=1S/C16H16ClNO2/c1-19-15-3-2-13(17)8-14(15)11-6-10-4-5-20-16(10)12(7-11)9-18/h2-3,6-8H,4-5,9,18H2,1H3. The molecule has 0 saturated heterocycles. The molecule has 2 aromatic rings. The topological polar surface area (TPSA) is 44.5 Å². The largest absolute Gasteiger partial charge is 0.496 e. The Morgan fingerprint density at radius 3 is 2.90 bits per heavy atom. The molecule has 0 atom stereocenters. The van der Waals surface area contributed by atoms with Gasteiger partial charge in [0.15, 0.2) is 0 Å². The Hall–Kier alpha value is -1.71. The molecule has 2 aromatic carbocycles. The Labute approximate surface area is 123 Å². The summed E-state index contributed by atoms with van der Waals surface area (Å²) in [6.07, 6.45) is 0.916. The molecular weight excluding hydrogens is 274 g/mol. The molecule has 1 heterocycles. The first-order valence-corrected chi connectivity index (χ1v) is 6.93. The number of ether oxygens (including phenoxy) is 2. The van der Waals surface area contributed by atoms with Crippen LogP contribution in [0.25, 0.3) is 11.1 Å². The van der Waals surface area contributed by atoms with Gasteiger partial charge >= 0.3 is 0 Å². The van der Waals surface area contributed by atoms with E-state index in [1.165, 1.54) is 5.56 Å². The van der Waals surface area contributed by atoms with Crippen molar-refractivity contribution in [3.63, 3.8) is 0 Å². The number of halogens is 1. The zero-order chi connectivity index (χ0) is 14.1. The molecule has 0 amide bonds. The Kier molecular flexibility index (Phi) is 3.55. The van der Waals surface area contributed by atoms with Gasteiger partial charge in [0.25, 0.3) is 0 Å². The van der Waals surface area contributed by atoms with E-state index in [0.29, 0.717) is 11.6 Å². The van der Waals surface area contributed by atoms with Gasteiger partial charge in [-0.1, -0.05) is 11.6 Å². The van der Waals surface area contributed by atoms with Crippen LogP contribution < -0.4 is 15.2 Å². The molecule has 1 aliphatic rings. The quantitative estimate of drug-likeness (QED) is 0.942. The highest BCUT2D eigenvalue weighted by Gasteiger charge is 2.18. The minimum Gasteiger partial charge on any atom is -0.496 e. The van der Waals surface area contributed by atoms with Crippen LogP contribution in [-0.2, 0) is 13.0 Å². The normalized spacial score (nSPS) is 12.9. The van der Waals surface area contributed by atoms with Crippen molar-refractivity contribution in [3.05, 3.63) is 46.5 Å². The fourth-order valence-corrected chi connectivity index (χ4v) is 2.77. The Morgan fingerprint density at radius 2 is 2.15 bits per heavy atom. The molecule has 0 saturated carbocycles. The van der Waals surface area contributed by atoms with Gasteiger partial charge < -0.3 is 15.2 Å². The number of methoxy groups -OCH3 is 1. The molecule has 1 aliphatic heterocycles. The molecule has 0 spiro atoms. The summed E-state index contributed by atoms with van der Waals surface area (Å²) in [4.78, 5) is 0. The van der Waals surface area contributed by atoms with Crippen LogP contribution in [0.3, 0.4) is 0 Å². The van der Waals surface area contributed by atoms with Gasteiger partial charge in [0.1, 0.15) is 11.5 Å². The highest BCUT2D eigenvalue weighted by Crippen LogP contribution is 2.38. The van der Waals surface area contributed by atoms with Crippen LogP contribution in [0.15, 0.2) is 30.3 Å². The fraction of sp³-hybridized carbons (Fsp3) is 0.250. The molecule has 0 radical (unpaired) electrons. The molecule has 3 nitrogen and oxygen atoms in total. The van der Waals surface area contributed by atoms with Gasteiger partial charge in [-0.25, -0.2) is 0 Å². The zero-order valence-corrected chi connectivity index (χ0v) is 12.0. The molecule has 0 aromatic heterocycles. The highest BCUT2D eigenvalue weighted by atomic mass is 35.5. The van der Waals surface area contributed by atoms with E-state index in [1.54, 1.807) is 7.11 Å². The summed E-state index contributed by atoms with van der Waals surface area (Å²) in [5, 5.41) is 0.687. The summed E-state index contributed by atoms with van der Waals surface area (Å²) >= 11 is 6.11. The van der Waals surface area contributed by atoms with Crippen LogP contribution in [-0.4, -0.2) is 13.7 Å². The minimum absolute atomic E-state index is 0.457. The SMILES string of the molecule is COc1ccc(Cl)cc1-c1cc(CN)c2c(c1)CCO2. The predicted octanol–water partition coefficient (Wildman–Crippen LogP) is 3.41. The van der Waals surface area contributed by atoms with Crippen molar-refractivity contribution < 1.29 is 9.47 Å². The molecule has 104 valence electrons. The van der Waals surface area contributed by atoms with Gasteiger partial charge in [-0.05, 0) is 41.5 Å². The third kappa shape index (κ3) is 2.23. The second-order valence-corrected chi connectivity index (χ2v) is 5.21. The van der Waals surface area contributed by atoms with E-state index in [-0.39, 0.29) is 0 Å². The van der Waals surface area contributed by atoms with Crippen molar-refractivity contribution in [3.8, 4) is 22.6 Å². The van der Waals surface area contributed by atoms with E-state index in [2.05, 4.69) is 12.1 Å². The van der Waals surface area contributed by atoms with E-state index >= 15 is 0 Å². The van der Waals surface area contributed by atoms with Crippen molar-refractivity contribution in [1.29, 1.82) is 0 Å². The van der Waals surface area contributed by atoms with E-state index < -0.39 is 0 Å². The first-order chi connectivity index (χ1) is 9.72. The van der Waals surface area contributed by atoms with Crippen LogP contribution in [0, 0.1) is 0 Å². The molecule has 20 heavy (non-hydrogen) atoms. The summed E-state index contributed by atoms with van der Waals surface area (Å²) in [6.45, 7) is 1.18. The lowest BCUT2D eigenvalue weighted by Gasteiger charge is -2.13. The van der Waals surface area contributed by atoms with E-state index in [0.717, 1.165) is 41.2 Å². The number of fused-ring (bicyclic) bond motifs is 1. The van der Waals surface area contributed by atoms with Gasteiger partial charge in [-0.2, -0.15) is 0 Å². The Balaban J connectivity index is 2.18. The van der Waals surface area contributed by atoms with Gasteiger partial charge in [-0.15, -0.1) is 0 Å². The number of benzene rings is 2. The molecule has 0 unspecified atom stereocenters. The van der Waals surface area contributed by atoms with E-state index in [4.69, 9.17) is 26.8 Å². The number of hydrogen-bond donors (Lipinski definition) is 1. The second-order valence-electron chi connectivity index (χ2n) is 4.77. The molecule has 2 N–H and O–H groups in total. The summed E-state index contributed by atoms with van der Waals surface area (Å²) < 4.78 is 11.1. The summed E-state index contributed by atoms with van der Waals surface area (Å²) in [5.41, 5.74) is 10.1. The third-order valence-electron chi connectivity index (χ3n) is 3.55. The molecular formula is C16H16ClNO2. The smallest absolute Gasteiger partial charge is 0.127 e. The maximum atomic E-state index is 6.11. The zero-order valence-electron chi connectivity index (χ0n) is 11.3. The lowest BCUT2D eigenvalue weighted by Crippen LogP contribution is -2.00. The monoisotopic (exact) mass is 289 g/mol. The number of hydrogen-bond acceptors (Lipinski definition) is 3.